The zero-order valence-electron chi connectivity index (χ0n) is 8.80. The summed E-state index contributed by atoms with van der Waals surface area (Å²) in [7, 11) is 1.66. The highest BCUT2D eigenvalue weighted by atomic mass is 32.1. The second-order valence-electron chi connectivity index (χ2n) is 3.77. The Kier molecular flexibility index (Phi) is 2.78. The van der Waals surface area contributed by atoms with E-state index in [0.29, 0.717) is 11.5 Å². The van der Waals surface area contributed by atoms with Gasteiger partial charge in [-0.15, -0.1) is 0 Å². The molecule has 2 N–H and O–H groups in total. The number of hydrogen-bond acceptors (Lipinski definition) is 3. The zero-order chi connectivity index (χ0) is 11.7. The van der Waals surface area contributed by atoms with Crippen molar-refractivity contribution in [1.82, 2.24) is 10.2 Å². The zero-order valence-corrected chi connectivity index (χ0v) is 9.62. The van der Waals surface area contributed by atoms with Crippen molar-refractivity contribution in [2.24, 2.45) is 0 Å². The molecular weight excluding hydrogens is 224 g/mol. The Labute approximate surface area is 98.9 Å². The number of carbonyl (C=O) groups is 1. The number of phenolic OH excluding ortho intramolecular Hbond substituents is 1. The molecule has 1 unspecified atom stereocenters. The van der Waals surface area contributed by atoms with E-state index in [-0.39, 0.29) is 17.7 Å². The second kappa shape index (κ2) is 4.09. The minimum atomic E-state index is -0.290. The summed E-state index contributed by atoms with van der Waals surface area (Å²) in [6.07, 6.45) is 0.573. The van der Waals surface area contributed by atoms with Crippen molar-refractivity contribution in [2.45, 2.75) is 12.5 Å². The lowest BCUT2D eigenvalue weighted by atomic mass is 10.1. The summed E-state index contributed by atoms with van der Waals surface area (Å²) in [5.74, 6) is 0.208. The van der Waals surface area contributed by atoms with Crippen LogP contribution in [0, 0.1) is 0 Å². The van der Waals surface area contributed by atoms with Gasteiger partial charge in [-0.3, -0.25) is 9.69 Å². The fourth-order valence-corrected chi connectivity index (χ4v) is 1.88. The summed E-state index contributed by atoms with van der Waals surface area (Å²) in [6, 6.07) is 6.52. The van der Waals surface area contributed by atoms with E-state index in [0.717, 1.165) is 5.56 Å². The molecular formula is C11H12N2O2S. The third-order valence-electron chi connectivity index (χ3n) is 2.61. The lowest BCUT2D eigenvalue weighted by Crippen LogP contribution is -2.31. The van der Waals surface area contributed by atoms with Crippen LogP contribution in [-0.4, -0.2) is 34.1 Å². The highest BCUT2D eigenvalue weighted by Gasteiger charge is 2.32. The normalized spacial score (nSPS) is 20.1. The number of rotatable bonds is 2. The standard InChI is InChI=1S/C11H12N2O2S/c1-13-10(15)9(12-11(13)16)6-7-2-4-8(14)5-3-7/h2-5,9,14H,6H2,1H3,(H,12,16). The molecule has 0 aliphatic carbocycles. The lowest BCUT2D eigenvalue weighted by molar-refractivity contribution is -0.126. The maximum absolute atomic E-state index is 11.7. The van der Waals surface area contributed by atoms with E-state index < -0.39 is 0 Å². The van der Waals surface area contributed by atoms with Crippen molar-refractivity contribution in [1.29, 1.82) is 0 Å². The molecule has 1 aromatic carbocycles. The molecule has 0 spiro atoms. The number of carbonyl (C=O) groups excluding carboxylic acids is 1. The van der Waals surface area contributed by atoms with Gasteiger partial charge in [0, 0.05) is 13.5 Å². The lowest BCUT2D eigenvalue weighted by Gasteiger charge is -2.08. The van der Waals surface area contributed by atoms with E-state index in [1.807, 2.05) is 0 Å². The molecule has 1 amide bonds. The van der Waals surface area contributed by atoms with Crippen LogP contribution in [0.2, 0.25) is 0 Å². The van der Waals surface area contributed by atoms with Crippen LogP contribution in [-0.2, 0) is 11.2 Å². The third-order valence-corrected chi connectivity index (χ3v) is 3.00. The van der Waals surface area contributed by atoms with E-state index >= 15 is 0 Å². The van der Waals surface area contributed by atoms with Gasteiger partial charge in [-0.2, -0.15) is 0 Å². The van der Waals surface area contributed by atoms with Crippen LogP contribution in [0.15, 0.2) is 24.3 Å². The predicted octanol–water partition coefficient (Wildman–Crippen LogP) is 0.650. The van der Waals surface area contributed by atoms with E-state index in [4.69, 9.17) is 17.3 Å². The number of phenols is 1. The minimum Gasteiger partial charge on any atom is -0.508 e. The predicted molar refractivity (Wildman–Crippen MR) is 64.1 cm³/mol. The smallest absolute Gasteiger partial charge is 0.251 e. The average molecular weight is 236 g/mol. The Morgan fingerprint density at radius 2 is 2.06 bits per heavy atom. The molecule has 4 nitrogen and oxygen atoms in total. The molecule has 1 atom stereocenters. The highest BCUT2D eigenvalue weighted by Crippen LogP contribution is 2.14. The first-order valence-electron chi connectivity index (χ1n) is 4.94. The van der Waals surface area contributed by atoms with Crippen molar-refractivity contribution in [3.05, 3.63) is 29.8 Å². The van der Waals surface area contributed by atoms with Crippen LogP contribution < -0.4 is 5.32 Å². The summed E-state index contributed by atoms with van der Waals surface area (Å²) in [6.45, 7) is 0. The molecule has 0 saturated carbocycles. The van der Waals surface area contributed by atoms with E-state index in [1.54, 1.807) is 31.3 Å². The molecule has 0 radical (unpaired) electrons. The molecule has 84 valence electrons. The Balaban J connectivity index is 2.09. The topological polar surface area (TPSA) is 52.6 Å². The molecule has 16 heavy (non-hydrogen) atoms. The first kappa shape index (κ1) is 10.9. The summed E-state index contributed by atoms with van der Waals surface area (Å²) in [5, 5.41) is 12.6. The van der Waals surface area contributed by atoms with Crippen LogP contribution >= 0.6 is 12.2 Å². The largest absolute Gasteiger partial charge is 0.508 e. The Morgan fingerprint density at radius 3 is 2.56 bits per heavy atom. The van der Waals surface area contributed by atoms with E-state index in [2.05, 4.69) is 5.32 Å². The molecule has 5 heteroatoms. The number of nitrogens with zero attached hydrogens (tertiary/aromatic N) is 1. The fraction of sp³-hybridized carbons (Fsp3) is 0.273. The van der Waals surface area contributed by atoms with E-state index in [1.165, 1.54) is 4.90 Å². The van der Waals surface area contributed by atoms with E-state index in [9.17, 15) is 4.79 Å². The van der Waals surface area contributed by atoms with Crippen molar-refractivity contribution in [3.63, 3.8) is 0 Å². The average Bonchev–Trinajstić information content (AvgIpc) is 2.50. The molecule has 0 aromatic heterocycles. The van der Waals surface area contributed by atoms with Crippen molar-refractivity contribution >= 4 is 23.2 Å². The number of benzene rings is 1. The fourth-order valence-electron chi connectivity index (χ4n) is 1.65. The summed E-state index contributed by atoms with van der Waals surface area (Å²) in [4.78, 5) is 13.2. The van der Waals surface area contributed by atoms with Crippen LogP contribution in [0.5, 0.6) is 5.75 Å². The Morgan fingerprint density at radius 1 is 1.44 bits per heavy atom. The second-order valence-corrected chi connectivity index (χ2v) is 4.16. The van der Waals surface area contributed by atoms with Gasteiger partial charge in [0.05, 0.1) is 0 Å². The molecule has 1 aliphatic rings. The molecule has 1 fully saturated rings. The van der Waals surface area contributed by atoms with Crippen LogP contribution in [0.4, 0.5) is 0 Å². The van der Waals surface area contributed by atoms with Gasteiger partial charge in [0.2, 0.25) is 0 Å². The van der Waals surface area contributed by atoms with Crippen molar-refractivity contribution in [3.8, 4) is 5.75 Å². The first-order chi connectivity index (χ1) is 7.58. The molecule has 1 aliphatic heterocycles. The van der Waals surface area contributed by atoms with Gasteiger partial charge in [0.25, 0.3) is 5.91 Å². The summed E-state index contributed by atoms with van der Waals surface area (Å²) < 4.78 is 0. The number of nitrogens with one attached hydrogen (secondary N) is 1. The minimum absolute atomic E-state index is 0.0157. The molecule has 1 heterocycles. The van der Waals surface area contributed by atoms with Gasteiger partial charge < -0.3 is 10.4 Å². The summed E-state index contributed by atoms with van der Waals surface area (Å²) in [5.41, 5.74) is 0.988. The number of thiocarbonyl (C=S) groups is 1. The van der Waals surface area contributed by atoms with Gasteiger partial charge in [0.15, 0.2) is 5.11 Å². The Hall–Kier alpha value is -1.62. The number of aromatic hydroxyl groups is 1. The monoisotopic (exact) mass is 236 g/mol. The molecule has 1 aromatic rings. The van der Waals surface area contributed by atoms with Crippen molar-refractivity contribution < 1.29 is 9.90 Å². The van der Waals surface area contributed by atoms with Crippen LogP contribution in [0.25, 0.3) is 0 Å². The number of likely N-dealkylation sites (N-methyl/N-ethyl adjacent to an activating group) is 1. The number of amides is 1. The quantitative estimate of drug-likeness (QED) is 0.740. The van der Waals surface area contributed by atoms with Crippen molar-refractivity contribution in [2.75, 3.05) is 7.05 Å². The maximum Gasteiger partial charge on any atom is 0.251 e. The SMILES string of the molecule is CN1C(=O)C(Cc2ccc(O)cc2)NC1=S. The highest BCUT2D eigenvalue weighted by molar-refractivity contribution is 7.80. The Bertz CT molecular complexity index is 430. The maximum atomic E-state index is 11.7. The first-order valence-corrected chi connectivity index (χ1v) is 5.35. The van der Waals surface area contributed by atoms with Gasteiger partial charge in [-0.05, 0) is 29.9 Å². The van der Waals surface area contributed by atoms with Gasteiger partial charge >= 0.3 is 0 Å². The number of hydrogen-bond donors (Lipinski definition) is 2. The summed E-state index contributed by atoms with van der Waals surface area (Å²) >= 11 is 4.99. The van der Waals surface area contributed by atoms with Crippen LogP contribution in [0.1, 0.15) is 5.56 Å². The van der Waals surface area contributed by atoms with Crippen LogP contribution in [0.3, 0.4) is 0 Å². The molecule has 0 bridgehead atoms. The van der Waals surface area contributed by atoms with Gasteiger partial charge in [-0.1, -0.05) is 12.1 Å². The molecule has 1 saturated heterocycles. The third kappa shape index (κ3) is 1.99. The molecule has 2 rings (SSSR count). The van der Waals surface area contributed by atoms with Gasteiger partial charge in [0.1, 0.15) is 11.8 Å². The van der Waals surface area contributed by atoms with Gasteiger partial charge in [-0.25, -0.2) is 0 Å².